The lowest BCUT2D eigenvalue weighted by Crippen LogP contribution is -2.50. The largest absolute Gasteiger partial charge is 0.401 e. The predicted octanol–water partition coefficient (Wildman–Crippen LogP) is 1.73. The molecule has 1 amide bonds. The molecule has 1 saturated heterocycles. The van der Waals surface area contributed by atoms with Gasteiger partial charge >= 0.3 is 6.18 Å². The fourth-order valence-electron chi connectivity index (χ4n) is 2.21. The van der Waals surface area contributed by atoms with Crippen LogP contribution in [-0.4, -0.2) is 54.6 Å². The summed E-state index contributed by atoms with van der Waals surface area (Å²) in [5.74, 6) is -1.09. The molecule has 1 aromatic carbocycles. The van der Waals surface area contributed by atoms with Gasteiger partial charge in [-0.05, 0) is 18.2 Å². The van der Waals surface area contributed by atoms with E-state index in [-0.39, 0.29) is 37.4 Å². The number of nitrogen functional groups attached to an aromatic ring is 1. The zero-order chi connectivity index (χ0) is 15.6. The molecule has 0 unspecified atom stereocenters. The van der Waals surface area contributed by atoms with Gasteiger partial charge in [0.05, 0.1) is 12.2 Å². The molecule has 4 nitrogen and oxygen atoms in total. The van der Waals surface area contributed by atoms with Crippen molar-refractivity contribution in [2.24, 2.45) is 0 Å². The minimum Gasteiger partial charge on any atom is -0.396 e. The Morgan fingerprint density at radius 3 is 2.33 bits per heavy atom. The Morgan fingerprint density at radius 1 is 1.19 bits per heavy atom. The third-order valence-corrected chi connectivity index (χ3v) is 3.31. The maximum absolute atomic E-state index is 13.3. The molecule has 8 heteroatoms. The van der Waals surface area contributed by atoms with Crippen LogP contribution in [0.25, 0.3) is 0 Å². The highest BCUT2D eigenvalue weighted by atomic mass is 19.4. The van der Waals surface area contributed by atoms with Crippen LogP contribution in [0.2, 0.25) is 0 Å². The average Bonchev–Trinajstić information content (AvgIpc) is 2.40. The fourth-order valence-corrected chi connectivity index (χ4v) is 2.21. The molecule has 0 spiro atoms. The minimum absolute atomic E-state index is 0.0541. The van der Waals surface area contributed by atoms with Crippen molar-refractivity contribution in [3.05, 3.63) is 29.6 Å². The van der Waals surface area contributed by atoms with Crippen molar-refractivity contribution in [1.29, 1.82) is 0 Å². The number of nitrogens with two attached hydrogens (primary N) is 1. The number of benzene rings is 1. The molecule has 1 fully saturated rings. The van der Waals surface area contributed by atoms with Crippen LogP contribution in [0, 0.1) is 5.82 Å². The molecule has 0 saturated carbocycles. The fraction of sp³-hybridized carbons (Fsp3) is 0.462. The second-order valence-electron chi connectivity index (χ2n) is 4.92. The third-order valence-electron chi connectivity index (χ3n) is 3.31. The number of hydrogen-bond acceptors (Lipinski definition) is 3. The van der Waals surface area contributed by atoms with Crippen molar-refractivity contribution in [3.8, 4) is 0 Å². The van der Waals surface area contributed by atoms with E-state index < -0.39 is 24.4 Å². The van der Waals surface area contributed by atoms with E-state index in [1.165, 1.54) is 21.9 Å². The van der Waals surface area contributed by atoms with E-state index in [9.17, 15) is 22.4 Å². The van der Waals surface area contributed by atoms with Gasteiger partial charge in [0.1, 0.15) is 5.82 Å². The molecule has 1 aliphatic rings. The lowest BCUT2D eigenvalue weighted by Gasteiger charge is -2.35. The number of halogens is 4. The third kappa shape index (κ3) is 4.07. The lowest BCUT2D eigenvalue weighted by molar-refractivity contribution is -0.148. The van der Waals surface area contributed by atoms with Crippen LogP contribution in [0.5, 0.6) is 0 Å². The molecule has 2 N–H and O–H groups in total. The monoisotopic (exact) mass is 305 g/mol. The van der Waals surface area contributed by atoms with Crippen molar-refractivity contribution in [2.45, 2.75) is 6.18 Å². The summed E-state index contributed by atoms with van der Waals surface area (Å²) in [6.45, 7) is -0.335. The minimum atomic E-state index is -4.24. The smallest absolute Gasteiger partial charge is 0.396 e. The topological polar surface area (TPSA) is 49.6 Å². The van der Waals surface area contributed by atoms with Crippen LogP contribution in [0.1, 0.15) is 10.4 Å². The summed E-state index contributed by atoms with van der Waals surface area (Å²) in [5, 5.41) is 0. The zero-order valence-electron chi connectivity index (χ0n) is 11.2. The van der Waals surface area contributed by atoms with Crippen LogP contribution in [0.3, 0.4) is 0 Å². The van der Waals surface area contributed by atoms with Gasteiger partial charge in [0.25, 0.3) is 5.91 Å². The molecule has 116 valence electrons. The number of piperazine rings is 1. The Balaban J connectivity index is 1.95. The molecule has 1 aliphatic heterocycles. The van der Waals surface area contributed by atoms with Gasteiger partial charge < -0.3 is 10.6 Å². The Labute approximate surface area is 119 Å². The first-order valence-electron chi connectivity index (χ1n) is 6.40. The van der Waals surface area contributed by atoms with E-state index in [4.69, 9.17) is 5.73 Å². The second kappa shape index (κ2) is 5.88. The summed E-state index contributed by atoms with van der Waals surface area (Å²) in [5.41, 5.74) is 5.42. The van der Waals surface area contributed by atoms with Gasteiger partial charge in [-0.3, -0.25) is 9.69 Å². The van der Waals surface area contributed by atoms with Gasteiger partial charge in [0, 0.05) is 31.7 Å². The Hall–Kier alpha value is -1.83. The normalized spacial score (nSPS) is 17.0. The highest BCUT2D eigenvalue weighted by Crippen LogP contribution is 2.19. The number of carbonyl (C=O) groups is 1. The van der Waals surface area contributed by atoms with E-state index in [1.54, 1.807) is 0 Å². The molecule has 2 rings (SSSR count). The summed E-state index contributed by atoms with van der Waals surface area (Å²) in [6, 6.07) is 3.74. The summed E-state index contributed by atoms with van der Waals surface area (Å²) in [6.07, 6.45) is -4.24. The Morgan fingerprint density at radius 2 is 1.81 bits per heavy atom. The molecule has 1 heterocycles. The summed E-state index contributed by atoms with van der Waals surface area (Å²) < 4.78 is 50.1. The molecule has 0 atom stereocenters. The van der Waals surface area contributed by atoms with Crippen LogP contribution in [-0.2, 0) is 0 Å². The van der Waals surface area contributed by atoms with E-state index in [0.717, 1.165) is 6.07 Å². The first-order chi connectivity index (χ1) is 9.76. The SMILES string of the molecule is Nc1ccc(C(=O)N2CCN(CC(F)(F)F)CC2)cc1F. The zero-order valence-corrected chi connectivity index (χ0v) is 11.2. The molecule has 0 bridgehead atoms. The molecule has 0 radical (unpaired) electrons. The van der Waals surface area contributed by atoms with Crippen LogP contribution < -0.4 is 5.73 Å². The molecule has 1 aromatic rings. The number of hydrogen-bond donors (Lipinski definition) is 1. The van der Waals surface area contributed by atoms with E-state index >= 15 is 0 Å². The van der Waals surface area contributed by atoms with E-state index in [0.29, 0.717) is 0 Å². The Bertz CT molecular complexity index is 525. The Kier molecular flexibility index (Phi) is 4.36. The molecule has 21 heavy (non-hydrogen) atoms. The van der Waals surface area contributed by atoms with E-state index in [2.05, 4.69) is 0 Å². The van der Waals surface area contributed by atoms with Gasteiger partial charge in [-0.2, -0.15) is 13.2 Å². The second-order valence-corrected chi connectivity index (χ2v) is 4.92. The summed E-state index contributed by atoms with van der Waals surface area (Å²) in [4.78, 5) is 14.8. The van der Waals surface area contributed by atoms with Gasteiger partial charge in [-0.1, -0.05) is 0 Å². The maximum atomic E-state index is 13.3. The highest BCUT2D eigenvalue weighted by molar-refractivity contribution is 5.94. The van der Waals surface area contributed by atoms with E-state index in [1.807, 2.05) is 0 Å². The van der Waals surface area contributed by atoms with Crippen LogP contribution >= 0.6 is 0 Å². The molecule has 0 aliphatic carbocycles. The van der Waals surface area contributed by atoms with Gasteiger partial charge in [0.2, 0.25) is 0 Å². The summed E-state index contributed by atoms with van der Waals surface area (Å²) >= 11 is 0. The van der Waals surface area contributed by atoms with Crippen molar-refractivity contribution in [1.82, 2.24) is 9.80 Å². The van der Waals surface area contributed by atoms with Gasteiger partial charge in [-0.15, -0.1) is 0 Å². The van der Waals surface area contributed by atoms with Gasteiger partial charge in [-0.25, -0.2) is 4.39 Å². The van der Waals surface area contributed by atoms with Crippen LogP contribution in [0.4, 0.5) is 23.2 Å². The number of rotatable bonds is 2. The standard InChI is InChI=1S/C13H15F4N3O/c14-10-7-9(1-2-11(10)18)12(21)20-5-3-19(4-6-20)8-13(15,16)17/h1-2,7H,3-6,8,18H2. The predicted molar refractivity (Wildman–Crippen MR) is 69.2 cm³/mol. The van der Waals surface area contributed by atoms with Crippen molar-refractivity contribution in [2.75, 3.05) is 38.5 Å². The maximum Gasteiger partial charge on any atom is 0.401 e. The van der Waals surface area contributed by atoms with Gasteiger partial charge in [0.15, 0.2) is 0 Å². The lowest BCUT2D eigenvalue weighted by atomic mass is 10.1. The molecular weight excluding hydrogens is 290 g/mol. The average molecular weight is 305 g/mol. The molecular formula is C13H15F4N3O. The summed E-state index contributed by atoms with van der Waals surface area (Å²) in [7, 11) is 0. The first-order valence-corrected chi connectivity index (χ1v) is 6.40. The van der Waals surface area contributed by atoms with Crippen LogP contribution in [0.15, 0.2) is 18.2 Å². The van der Waals surface area contributed by atoms with Crippen molar-refractivity contribution in [3.63, 3.8) is 0 Å². The number of nitrogens with zero attached hydrogens (tertiary/aromatic N) is 2. The molecule has 0 aromatic heterocycles. The quantitative estimate of drug-likeness (QED) is 0.669. The number of amides is 1. The van der Waals surface area contributed by atoms with Crippen molar-refractivity contribution >= 4 is 11.6 Å². The first kappa shape index (κ1) is 15.6. The highest BCUT2D eigenvalue weighted by Gasteiger charge is 2.33. The number of carbonyl (C=O) groups excluding carboxylic acids is 1. The number of alkyl halides is 3. The number of anilines is 1. The van der Waals surface area contributed by atoms with Crippen molar-refractivity contribution < 1.29 is 22.4 Å².